The van der Waals surface area contributed by atoms with Crippen molar-refractivity contribution in [3.8, 4) is 0 Å². The molecule has 0 fully saturated rings. The second-order valence-corrected chi connectivity index (χ2v) is 4.90. The van der Waals surface area contributed by atoms with Crippen LogP contribution in [0.4, 0.5) is 4.39 Å². The van der Waals surface area contributed by atoms with Gasteiger partial charge in [-0.3, -0.25) is 0 Å². The molecule has 18 heavy (non-hydrogen) atoms. The lowest BCUT2D eigenvalue weighted by molar-refractivity contribution is 0.579. The van der Waals surface area contributed by atoms with E-state index in [-0.39, 0.29) is 11.9 Å². The van der Waals surface area contributed by atoms with Crippen molar-refractivity contribution in [1.82, 2.24) is 0 Å². The molecule has 2 aromatic rings. The Hall–Kier alpha value is -1.38. The zero-order valence-electron chi connectivity index (χ0n) is 10.2. The Morgan fingerprint density at radius 1 is 1.22 bits per heavy atom. The molecule has 0 spiro atoms. The van der Waals surface area contributed by atoms with Gasteiger partial charge in [-0.05, 0) is 37.1 Å². The van der Waals surface area contributed by atoms with Crippen LogP contribution in [0.2, 0.25) is 5.02 Å². The van der Waals surface area contributed by atoms with Crippen LogP contribution < -0.4 is 5.73 Å². The highest BCUT2D eigenvalue weighted by atomic mass is 35.5. The Morgan fingerprint density at radius 2 is 2.00 bits per heavy atom. The summed E-state index contributed by atoms with van der Waals surface area (Å²) in [5.74, 6) is -0.255. The smallest absolute Gasteiger partial charge is 0.128 e. The minimum atomic E-state index is -0.358. The van der Waals surface area contributed by atoms with E-state index >= 15 is 0 Å². The predicted octanol–water partition coefficient (Wildman–Crippen LogP) is 4.03. The van der Waals surface area contributed by atoms with Crippen molar-refractivity contribution in [3.63, 3.8) is 0 Å². The van der Waals surface area contributed by atoms with Crippen LogP contribution in [0.1, 0.15) is 22.7 Å². The van der Waals surface area contributed by atoms with E-state index < -0.39 is 0 Å². The first-order chi connectivity index (χ1) is 8.56. The van der Waals surface area contributed by atoms with Gasteiger partial charge in [-0.1, -0.05) is 41.4 Å². The molecule has 0 bridgehead atoms. The average Bonchev–Trinajstić information content (AvgIpc) is 2.32. The van der Waals surface area contributed by atoms with E-state index in [9.17, 15) is 4.39 Å². The van der Waals surface area contributed by atoms with Crippen LogP contribution in [0, 0.1) is 12.7 Å². The molecule has 2 rings (SSSR count). The van der Waals surface area contributed by atoms with Crippen molar-refractivity contribution in [3.05, 3.63) is 70.0 Å². The van der Waals surface area contributed by atoms with Gasteiger partial charge < -0.3 is 5.73 Å². The molecule has 0 saturated heterocycles. The van der Waals surface area contributed by atoms with Crippen LogP contribution in [0.15, 0.2) is 42.5 Å². The topological polar surface area (TPSA) is 26.0 Å². The summed E-state index contributed by atoms with van der Waals surface area (Å²) in [5.41, 5.74) is 8.63. The summed E-state index contributed by atoms with van der Waals surface area (Å²) in [6.07, 6.45) is 0.570. The van der Waals surface area contributed by atoms with E-state index in [2.05, 4.69) is 0 Å². The molecule has 2 aromatic carbocycles. The van der Waals surface area contributed by atoms with Crippen LogP contribution in [-0.4, -0.2) is 0 Å². The maximum Gasteiger partial charge on any atom is 0.128 e. The van der Waals surface area contributed by atoms with E-state index in [1.807, 2.05) is 31.2 Å². The van der Waals surface area contributed by atoms with Gasteiger partial charge in [-0.25, -0.2) is 4.39 Å². The lowest BCUT2D eigenvalue weighted by Crippen LogP contribution is -2.15. The van der Waals surface area contributed by atoms with Gasteiger partial charge in [0.25, 0.3) is 0 Å². The Balaban J connectivity index is 2.21. The molecule has 0 aliphatic rings. The van der Waals surface area contributed by atoms with Gasteiger partial charge in [0, 0.05) is 16.6 Å². The summed E-state index contributed by atoms with van der Waals surface area (Å²) < 4.78 is 13.7. The van der Waals surface area contributed by atoms with Gasteiger partial charge in [-0.2, -0.15) is 0 Å². The number of hydrogen-bond acceptors (Lipinski definition) is 1. The highest BCUT2D eigenvalue weighted by Gasteiger charge is 2.12. The van der Waals surface area contributed by atoms with Crippen molar-refractivity contribution in [1.29, 1.82) is 0 Å². The Bertz CT molecular complexity index is 554. The van der Waals surface area contributed by atoms with Crippen molar-refractivity contribution < 1.29 is 4.39 Å². The third kappa shape index (κ3) is 3.09. The van der Waals surface area contributed by atoms with Gasteiger partial charge in [0.2, 0.25) is 0 Å². The standard InChI is InChI=1S/C15H15ClFN/c1-10-5-6-14(17)13(7-10)15(18)9-11-3-2-4-12(16)8-11/h2-8,15H,9,18H2,1H3. The molecule has 0 aliphatic carbocycles. The number of aryl methyl sites for hydroxylation is 1. The van der Waals surface area contributed by atoms with Crippen molar-refractivity contribution in [2.75, 3.05) is 0 Å². The summed E-state index contributed by atoms with van der Waals surface area (Å²) in [6, 6.07) is 12.1. The molecule has 1 atom stereocenters. The number of benzene rings is 2. The van der Waals surface area contributed by atoms with Crippen molar-refractivity contribution >= 4 is 11.6 Å². The first kappa shape index (κ1) is 13.1. The number of nitrogens with two attached hydrogens (primary N) is 1. The molecular weight excluding hydrogens is 249 g/mol. The second-order valence-electron chi connectivity index (χ2n) is 4.47. The van der Waals surface area contributed by atoms with E-state index in [1.54, 1.807) is 12.1 Å². The average molecular weight is 264 g/mol. The molecule has 2 N–H and O–H groups in total. The Labute approximate surface area is 111 Å². The molecule has 0 saturated carbocycles. The lowest BCUT2D eigenvalue weighted by atomic mass is 9.98. The molecule has 1 unspecified atom stereocenters. The third-order valence-electron chi connectivity index (χ3n) is 2.90. The summed E-state index contributed by atoms with van der Waals surface area (Å²) in [7, 11) is 0. The minimum absolute atomic E-state index is 0.255. The maximum absolute atomic E-state index is 13.7. The molecule has 0 radical (unpaired) electrons. The fourth-order valence-corrected chi connectivity index (χ4v) is 2.19. The zero-order chi connectivity index (χ0) is 13.1. The fourth-order valence-electron chi connectivity index (χ4n) is 1.98. The van der Waals surface area contributed by atoms with E-state index in [1.165, 1.54) is 6.07 Å². The van der Waals surface area contributed by atoms with Crippen molar-refractivity contribution in [2.45, 2.75) is 19.4 Å². The highest BCUT2D eigenvalue weighted by Crippen LogP contribution is 2.21. The zero-order valence-corrected chi connectivity index (χ0v) is 10.9. The van der Waals surface area contributed by atoms with Gasteiger partial charge in [0.1, 0.15) is 5.82 Å². The largest absolute Gasteiger partial charge is 0.324 e. The van der Waals surface area contributed by atoms with E-state index in [4.69, 9.17) is 17.3 Å². The van der Waals surface area contributed by atoms with Gasteiger partial charge in [0.15, 0.2) is 0 Å². The highest BCUT2D eigenvalue weighted by molar-refractivity contribution is 6.30. The molecular formula is C15H15ClFN. The quantitative estimate of drug-likeness (QED) is 0.889. The molecule has 1 nitrogen and oxygen atoms in total. The summed E-state index contributed by atoms with van der Waals surface area (Å²) in [6.45, 7) is 1.93. The van der Waals surface area contributed by atoms with Gasteiger partial charge in [0.05, 0.1) is 0 Å². The van der Waals surface area contributed by atoms with E-state index in [0.717, 1.165) is 11.1 Å². The van der Waals surface area contributed by atoms with Crippen LogP contribution in [-0.2, 0) is 6.42 Å². The number of hydrogen-bond donors (Lipinski definition) is 1. The summed E-state index contributed by atoms with van der Waals surface area (Å²) in [4.78, 5) is 0. The van der Waals surface area contributed by atoms with Crippen molar-refractivity contribution in [2.24, 2.45) is 5.73 Å². The van der Waals surface area contributed by atoms with Crippen LogP contribution in [0.25, 0.3) is 0 Å². The third-order valence-corrected chi connectivity index (χ3v) is 3.13. The number of halogens is 2. The SMILES string of the molecule is Cc1ccc(F)c(C(N)Cc2cccc(Cl)c2)c1. The Morgan fingerprint density at radius 3 is 2.72 bits per heavy atom. The lowest BCUT2D eigenvalue weighted by Gasteiger charge is -2.14. The Kier molecular flexibility index (Phi) is 4.00. The summed E-state index contributed by atoms with van der Waals surface area (Å²) >= 11 is 5.92. The number of rotatable bonds is 3. The predicted molar refractivity (Wildman–Crippen MR) is 73.2 cm³/mol. The molecule has 0 amide bonds. The molecule has 3 heteroatoms. The monoisotopic (exact) mass is 263 g/mol. The summed E-state index contributed by atoms with van der Waals surface area (Å²) in [5, 5.41) is 0.671. The molecule has 0 aliphatic heterocycles. The van der Waals surface area contributed by atoms with Crippen LogP contribution >= 0.6 is 11.6 Å². The first-order valence-electron chi connectivity index (χ1n) is 5.82. The van der Waals surface area contributed by atoms with E-state index in [0.29, 0.717) is 17.0 Å². The van der Waals surface area contributed by atoms with Gasteiger partial charge in [-0.15, -0.1) is 0 Å². The van der Waals surface area contributed by atoms with Gasteiger partial charge >= 0.3 is 0 Å². The molecule has 0 heterocycles. The van der Waals surface area contributed by atoms with Crippen LogP contribution in [0.3, 0.4) is 0 Å². The normalized spacial score (nSPS) is 12.4. The first-order valence-corrected chi connectivity index (χ1v) is 6.20. The maximum atomic E-state index is 13.7. The molecule has 94 valence electrons. The fraction of sp³-hybridized carbons (Fsp3) is 0.200. The van der Waals surface area contributed by atoms with Crippen LogP contribution in [0.5, 0.6) is 0 Å². The second kappa shape index (κ2) is 5.51. The minimum Gasteiger partial charge on any atom is -0.324 e. The molecule has 0 aromatic heterocycles.